The Bertz CT molecular complexity index is 320. The lowest BCUT2D eigenvalue weighted by molar-refractivity contribution is 0.0526. The van der Waals surface area contributed by atoms with Crippen LogP contribution in [0.4, 0.5) is 0 Å². The summed E-state index contributed by atoms with van der Waals surface area (Å²) in [5.74, 6) is 0.271. The molecule has 0 bridgehead atoms. The van der Waals surface area contributed by atoms with E-state index in [-0.39, 0.29) is 5.97 Å². The third-order valence-electron chi connectivity index (χ3n) is 2.34. The molecule has 0 aliphatic heterocycles. The third-order valence-corrected chi connectivity index (χ3v) is 2.34. The van der Waals surface area contributed by atoms with Gasteiger partial charge < -0.3 is 4.74 Å². The Morgan fingerprint density at radius 2 is 2.33 bits per heavy atom. The summed E-state index contributed by atoms with van der Waals surface area (Å²) in [4.78, 5) is 11.3. The largest absolute Gasteiger partial charge is 0.462 e. The molecule has 4 nitrogen and oxygen atoms in total. The van der Waals surface area contributed by atoms with E-state index in [0.717, 1.165) is 13.0 Å². The Morgan fingerprint density at radius 1 is 1.60 bits per heavy atom. The molecule has 0 aliphatic carbocycles. The summed E-state index contributed by atoms with van der Waals surface area (Å²) in [7, 11) is 0. The van der Waals surface area contributed by atoms with Crippen LogP contribution in [0.1, 0.15) is 37.6 Å². The van der Waals surface area contributed by atoms with Crippen LogP contribution in [0, 0.1) is 5.92 Å². The Hall–Kier alpha value is -1.32. The second-order valence-corrected chi connectivity index (χ2v) is 3.68. The first-order valence-corrected chi connectivity index (χ1v) is 5.36. The van der Waals surface area contributed by atoms with Gasteiger partial charge in [0.25, 0.3) is 0 Å². The van der Waals surface area contributed by atoms with E-state index in [2.05, 4.69) is 18.9 Å². The Labute approximate surface area is 90.2 Å². The van der Waals surface area contributed by atoms with Crippen molar-refractivity contribution in [1.29, 1.82) is 0 Å². The SMILES string of the molecule is CCOC(=O)c1cnn(CC(C)CC)c1. The molecule has 0 spiro atoms. The van der Waals surface area contributed by atoms with Crippen molar-refractivity contribution in [3.8, 4) is 0 Å². The highest BCUT2D eigenvalue weighted by Crippen LogP contribution is 2.06. The highest BCUT2D eigenvalue weighted by molar-refractivity contribution is 5.88. The molecule has 0 aliphatic rings. The molecular weight excluding hydrogens is 192 g/mol. The molecule has 0 fully saturated rings. The van der Waals surface area contributed by atoms with Crippen LogP contribution in [0.25, 0.3) is 0 Å². The molecule has 0 saturated carbocycles. The molecule has 1 heterocycles. The number of esters is 1. The molecule has 1 unspecified atom stereocenters. The van der Waals surface area contributed by atoms with Gasteiger partial charge in [0.05, 0.1) is 18.4 Å². The van der Waals surface area contributed by atoms with Crippen molar-refractivity contribution in [2.45, 2.75) is 33.7 Å². The average Bonchev–Trinajstić information content (AvgIpc) is 2.66. The molecule has 0 N–H and O–H groups in total. The van der Waals surface area contributed by atoms with Crippen molar-refractivity contribution in [3.63, 3.8) is 0 Å². The lowest BCUT2D eigenvalue weighted by atomic mass is 10.1. The topological polar surface area (TPSA) is 44.1 Å². The van der Waals surface area contributed by atoms with E-state index in [9.17, 15) is 4.79 Å². The van der Waals surface area contributed by atoms with Crippen molar-refractivity contribution >= 4 is 5.97 Å². The van der Waals surface area contributed by atoms with Crippen molar-refractivity contribution < 1.29 is 9.53 Å². The van der Waals surface area contributed by atoms with Crippen LogP contribution in [0.15, 0.2) is 12.4 Å². The predicted octanol–water partition coefficient (Wildman–Crippen LogP) is 2.11. The van der Waals surface area contributed by atoms with E-state index in [1.807, 2.05) is 0 Å². The van der Waals surface area contributed by atoms with Crippen LogP contribution < -0.4 is 0 Å². The van der Waals surface area contributed by atoms with Crippen LogP contribution in [0.5, 0.6) is 0 Å². The van der Waals surface area contributed by atoms with Crippen molar-refractivity contribution in [3.05, 3.63) is 18.0 Å². The van der Waals surface area contributed by atoms with Crippen molar-refractivity contribution in [2.75, 3.05) is 6.61 Å². The molecule has 1 aromatic heterocycles. The van der Waals surface area contributed by atoms with Gasteiger partial charge in [-0.3, -0.25) is 4.68 Å². The zero-order valence-electron chi connectivity index (χ0n) is 9.56. The second kappa shape index (κ2) is 5.53. The lowest BCUT2D eigenvalue weighted by Crippen LogP contribution is -2.07. The van der Waals surface area contributed by atoms with Gasteiger partial charge in [0.1, 0.15) is 0 Å². The van der Waals surface area contributed by atoms with Crippen LogP contribution in [-0.4, -0.2) is 22.4 Å². The van der Waals surface area contributed by atoms with Gasteiger partial charge in [-0.25, -0.2) is 4.79 Å². The number of carbonyl (C=O) groups excluding carboxylic acids is 1. The fourth-order valence-electron chi connectivity index (χ4n) is 1.23. The summed E-state index contributed by atoms with van der Waals surface area (Å²) < 4.78 is 6.67. The maximum atomic E-state index is 11.3. The van der Waals surface area contributed by atoms with E-state index in [1.165, 1.54) is 0 Å². The number of rotatable bonds is 5. The molecule has 0 amide bonds. The number of carbonyl (C=O) groups is 1. The summed E-state index contributed by atoms with van der Waals surface area (Å²) >= 11 is 0. The quantitative estimate of drug-likeness (QED) is 0.699. The molecule has 1 aromatic rings. The molecular formula is C11H18N2O2. The van der Waals surface area contributed by atoms with E-state index in [0.29, 0.717) is 18.1 Å². The van der Waals surface area contributed by atoms with Crippen LogP contribution in [0.3, 0.4) is 0 Å². The average molecular weight is 210 g/mol. The minimum Gasteiger partial charge on any atom is -0.462 e. The normalized spacial score (nSPS) is 12.5. The first kappa shape index (κ1) is 11.8. The minimum absolute atomic E-state index is 0.298. The minimum atomic E-state index is -0.298. The zero-order chi connectivity index (χ0) is 11.3. The Morgan fingerprint density at radius 3 is 2.93 bits per heavy atom. The van der Waals surface area contributed by atoms with E-state index >= 15 is 0 Å². The van der Waals surface area contributed by atoms with Crippen molar-refractivity contribution in [1.82, 2.24) is 9.78 Å². The molecule has 1 rings (SSSR count). The standard InChI is InChI=1S/C11H18N2O2/c1-4-9(3)7-13-8-10(6-12-13)11(14)15-5-2/h6,8-9H,4-5,7H2,1-3H3. The summed E-state index contributed by atoms with van der Waals surface area (Å²) in [5.41, 5.74) is 0.528. The number of nitrogens with zero attached hydrogens (tertiary/aromatic N) is 2. The highest BCUT2D eigenvalue weighted by atomic mass is 16.5. The van der Waals surface area contributed by atoms with Crippen LogP contribution in [-0.2, 0) is 11.3 Å². The Balaban J connectivity index is 2.59. The predicted molar refractivity (Wildman–Crippen MR) is 57.6 cm³/mol. The van der Waals surface area contributed by atoms with Gasteiger partial charge in [-0.2, -0.15) is 5.10 Å². The molecule has 84 valence electrons. The number of ether oxygens (including phenoxy) is 1. The lowest BCUT2D eigenvalue weighted by Gasteiger charge is -2.07. The molecule has 0 saturated heterocycles. The molecule has 1 atom stereocenters. The van der Waals surface area contributed by atoms with Crippen molar-refractivity contribution in [2.24, 2.45) is 5.92 Å². The fourth-order valence-corrected chi connectivity index (χ4v) is 1.23. The number of aromatic nitrogens is 2. The van der Waals surface area contributed by atoms with Crippen LogP contribution >= 0.6 is 0 Å². The summed E-state index contributed by atoms with van der Waals surface area (Å²) in [6.07, 6.45) is 4.40. The first-order valence-electron chi connectivity index (χ1n) is 5.36. The highest BCUT2D eigenvalue weighted by Gasteiger charge is 2.10. The van der Waals surface area contributed by atoms with Gasteiger partial charge >= 0.3 is 5.97 Å². The summed E-state index contributed by atoms with van der Waals surface area (Å²) in [5, 5.41) is 4.12. The summed E-state index contributed by atoms with van der Waals surface area (Å²) in [6, 6.07) is 0. The molecule has 0 aromatic carbocycles. The molecule has 0 radical (unpaired) electrons. The molecule has 4 heteroatoms. The van der Waals surface area contributed by atoms with E-state index in [1.54, 1.807) is 24.0 Å². The fraction of sp³-hybridized carbons (Fsp3) is 0.636. The Kier molecular flexibility index (Phi) is 4.34. The van der Waals surface area contributed by atoms with Gasteiger partial charge in [-0.15, -0.1) is 0 Å². The van der Waals surface area contributed by atoms with Crippen LogP contribution in [0.2, 0.25) is 0 Å². The van der Waals surface area contributed by atoms with E-state index < -0.39 is 0 Å². The molecule has 15 heavy (non-hydrogen) atoms. The maximum Gasteiger partial charge on any atom is 0.341 e. The van der Waals surface area contributed by atoms with E-state index in [4.69, 9.17) is 4.74 Å². The zero-order valence-corrected chi connectivity index (χ0v) is 9.56. The van der Waals surface area contributed by atoms with Gasteiger partial charge in [0, 0.05) is 12.7 Å². The smallest absolute Gasteiger partial charge is 0.341 e. The maximum absolute atomic E-state index is 11.3. The van der Waals surface area contributed by atoms with Gasteiger partial charge in [0.2, 0.25) is 0 Å². The van der Waals surface area contributed by atoms with Gasteiger partial charge in [-0.1, -0.05) is 20.3 Å². The second-order valence-electron chi connectivity index (χ2n) is 3.68. The third kappa shape index (κ3) is 3.38. The number of hydrogen-bond acceptors (Lipinski definition) is 3. The monoisotopic (exact) mass is 210 g/mol. The van der Waals surface area contributed by atoms with Gasteiger partial charge in [0.15, 0.2) is 0 Å². The summed E-state index contributed by atoms with van der Waals surface area (Å²) in [6.45, 7) is 7.33. The first-order chi connectivity index (χ1) is 7.17. The van der Waals surface area contributed by atoms with Gasteiger partial charge in [-0.05, 0) is 12.8 Å². The number of hydrogen-bond donors (Lipinski definition) is 0.